The van der Waals surface area contributed by atoms with Crippen LogP contribution in [-0.4, -0.2) is 28.8 Å². The number of amides is 1. The summed E-state index contributed by atoms with van der Waals surface area (Å²) >= 11 is 5.49. The fourth-order valence-corrected chi connectivity index (χ4v) is 2.09. The first-order valence-electron chi connectivity index (χ1n) is 6.98. The summed E-state index contributed by atoms with van der Waals surface area (Å²) in [6.45, 7) is 4.54. The van der Waals surface area contributed by atoms with E-state index in [2.05, 4.69) is 0 Å². The average Bonchev–Trinajstić information content (AvgIpc) is 2.39. The SMILES string of the molecule is CC(C)(C)OC(=O)NC(Cc1c(C(F)(F)F)ccc(Cl)c1F)C(=O)O. The lowest BCUT2D eigenvalue weighted by Crippen LogP contribution is -2.45. The Morgan fingerprint density at radius 1 is 1.28 bits per heavy atom. The van der Waals surface area contributed by atoms with Crippen molar-refractivity contribution in [3.05, 3.63) is 34.1 Å². The van der Waals surface area contributed by atoms with E-state index in [1.54, 1.807) is 0 Å². The number of nitrogens with one attached hydrogen (secondary N) is 1. The van der Waals surface area contributed by atoms with Crippen LogP contribution in [0.5, 0.6) is 0 Å². The molecule has 140 valence electrons. The number of ether oxygens (including phenoxy) is 1. The molecule has 0 aliphatic carbocycles. The Morgan fingerprint density at radius 2 is 1.84 bits per heavy atom. The van der Waals surface area contributed by atoms with Gasteiger partial charge in [-0.3, -0.25) is 0 Å². The second kappa shape index (κ2) is 7.47. The molecule has 0 fully saturated rings. The summed E-state index contributed by atoms with van der Waals surface area (Å²) in [6.07, 6.45) is -7.04. The monoisotopic (exact) mass is 385 g/mol. The minimum Gasteiger partial charge on any atom is -0.480 e. The molecule has 0 aliphatic heterocycles. The van der Waals surface area contributed by atoms with E-state index in [1.807, 2.05) is 5.32 Å². The van der Waals surface area contributed by atoms with Crippen molar-refractivity contribution in [1.82, 2.24) is 5.32 Å². The topological polar surface area (TPSA) is 75.6 Å². The van der Waals surface area contributed by atoms with Gasteiger partial charge in [-0.05, 0) is 32.9 Å². The Bertz CT molecular complexity index is 671. The zero-order chi connectivity index (χ0) is 19.6. The van der Waals surface area contributed by atoms with Gasteiger partial charge in [-0.1, -0.05) is 11.6 Å². The Morgan fingerprint density at radius 3 is 2.28 bits per heavy atom. The number of hydrogen-bond donors (Lipinski definition) is 2. The van der Waals surface area contributed by atoms with Gasteiger partial charge in [0.15, 0.2) is 0 Å². The Balaban J connectivity index is 3.17. The molecule has 2 N–H and O–H groups in total. The number of hydrogen-bond acceptors (Lipinski definition) is 3. The molecule has 0 saturated carbocycles. The van der Waals surface area contributed by atoms with Crippen LogP contribution in [-0.2, 0) is 22.1 Å². The molecular weight excluding hydrogens is 370 g/mol. The molecule has 25 heavy (non-hydrogen) atoms. The Kier molecular flexibility index (Phi) is 6.28. The van der Waals surface area contributed by atoms with Gasteiger partial charge < -0.3 is 15.2 Å². The number of alkyl halides is 3. The van der Waals surface area contributed by atoms with Crippen molar-refractivity contribution in [1.29, 1.82) is 0 Å². The van der Waals surface area contributed by atoms with E-state index >= 15 is 0 Å². The van der Waals surface area contributed by atoms with Gasteiger partial charge in [0.05, 0.1) is 10.6 Å². The number of carboxylic acids is 1. The molecule has 0 heterocycles. The highest BCUT2D eigenvalue weighted by Crippen LogP contribution is 2.35. The Labute approximate surface area is 145 Å². The number of benzene rings is 1. The predicted octanol–water partition coefficient (Wildman–Crippen LogP) is 4.02. The molecule has 0 aromatic heterocycles. The quantitative estimate of drug-likeness (QED) is 0.768. The fourth-order valence-electron chi connectivity index (χ4n) is 1.91. The highest BCUT2D eigenvalue weighted by Gasteiger charge is 2.37. The van der Waals surface area contributed by atoms with Gasteiger partial charge in [-0.2, -0.15) is 13.2 Å². The highest BCUT2D eigenvalue weighted by atomic mass is 35.5. The summed E-state index contributed by atoms with van der Waals surface area (Å²) < 4.78 is 58.0. The first-order chi connectivity index (χ1) is 11.2. The standard InChI is InChI=1S/C15H16ClF4NO4/c1-14(2,3)25-13(24)21-10(12(22)23)6-7-8(15(18,19)20)4-5-9(16)11(7)17/h4-5,10H,6H2,1-3H3,(H,21,24)(H,22,23). The number of carboxylic acid groups (broad SMARTS) is 1. The smallest absolute Gasteiger partial charge is 0.416 e. The van der Waals surface area contributed by atoms with Crippen LogP contribution < -0.4 is 5.32 Å². The molecule has 1 unspecified atom stereocenters. The van der Waals surface area contributed by atoms with Crippen LogP contribution in [0.1, 0.15) is 31.9 Å². The minimum absolute atomic E-state index is 0.549. The van der Waals surface area contributed by atoms with Crippen molar-refractivity contribution in [2.45, 2.75) is 45.0 Å². The number of carbonyl (C=O) groups is 2. The van der Waals surface area contributed by atoms with Gasteiger partial charge in [-0.15, -0.1) is 0 Å². The summed E-state index contributed by atoms with van der Waals surface area (Å²) in [7, 11) is 0. The van der Waals surface area contributed by atoms with Gasteiger partial charge in [0, 0.05) is 12.0 Å². The van der Waals surface area contributed by atoms with Gasteiger partial charge in [0.25, 0.3) is 0 Å². The molecule has 0 radical (unpaired) electrons. The van der Waals surface area contributed by atoms with Crippen molar-refractivity contribution >= 4 is 23.7 Å². The van der Waals surface area contributed by atoms with Crippen molar-refractivity contribution in [3.8, 4) is 0 Å². The average molecular weight is 386 g/mol. The molecule has 0 aliphatic rings. The van der Waals surface area contributed by atoms with Crippen LogP contribution in [0.4, 0.5) is 22.4 Å². The number of halogens is 5. The zero-order valence-corrected chi connectivity index (χ0v) is 14.3. The summed E-state index contributed by atoms with van der Waals surface area (Å²) in [5.41, 5.74) is -3.28. The molecule has 1 aromatic carbocycles. The second-order valence-electron chi connectivity index (χ2n) is 6.13. The first-order valence-corrected chi connectivity index (χ1v) is 7.36. The number of rotatable bonds is 4. The summed E-state index contributed by atoms with van der Waals surface area (Å²) in [5.74, 6) is -3.05. The summed E-state index contributed by atoms with van der Waals surface area (Å²) in [6, 6.07) is -0.572. The molecular formula is C15H16ClF4NO4. The van der Waals surface area contributed by atoms with E-state index in [-0.39, 0.29) is 0 Å². The lowest BCUT2D eigenvalue weighted by Gasteiger charge is -2.23. The van der Waals surface area contributed by atoms with E-state index < -0.39 is 58.3 Å². The van der Waals surface area contributed by atoms with E-state index in [0.717, 1.165) is 6.07 Å². The molecule has 1 amide bonds. The largest absolute Gasteiger partial charge is 0.480 e. The third-order valence-electron chi connectivity index (χ3n) is 2.90. The maximum atomic E-state index is 14.1. The van der Waals surface area contributed by atoms with Crippen LogP contribution in [0.15, 0.2) is 12.1 Å². The molecule has 0 saturated heterocycles. The maximum absolute atomic E-state index is 14.1. The van der Waals surface area contributed by atoms with Gasteiger partial charge >= 0.3 is 18.2 Å². The van der Waals surface area contributed by atoms with Gasteiger partial charge in [0.1, 0.15) is 17.5 Å². The van der Waals surface area contributed by atoms with Crippen molar-refractivity contribution in [2.75, 3.05) is 0 Å². The maximum Gasteiger partial charge on any atom is 0.416 e. The van der Waals surface area contributed by atoms with Crippen LogP contribution in [0.2, 0.25) is 5.02 Å². The van der Waals surface area contributed by atoms with Crippen LogP contribution in [0, 0.1) is 5.82 Å². The lowest BCUT2D eigenvalue weighted by molar-refractivity contribution is -0.141. The fraction of sp³-hybridized carbons (Fsp3) is 0.467. The summed E-state index contributed by atoms with van der Waals surface area (Å²) in [4.78, 5) is 22.9. The molecule has 10 heteroatoms. The molecule has 0 bridgehead atoms. The molecule has 1 aromatic rings. The van der Waals surface area contributed by atoms with Crippen molar-refractivity contribution < 1.29 is 37.0 Å². The number of aliphatic carboxylic acids is 1. The van der Waals surface area contributed by atoms with E-state index in [9.17, 15) is 27.2 Å². The molecule has 1 atom stereocenters. The normalized spacial score (nSPS) is 13.3. The number of alkyl carbamates (subject to hydrolysis) is 1. The van der Waals surface area contributed by atoms with E-state index in [4.69, 9.17) is 21.4 Å². The lowest BCUT2D eigenvalue weighted by atomic mass is 9.99. The highest BCUT2D eigenvalue weighted by molar-refractivity contribution is 6.30. The molecule has 0 spiro atoms. The van der Waals surface area contributed by atoms with Crippen LogP contribution in [0.25, 0.3) is 0 Å². The first kappa shape index (κ1) is 21.0. The van der Waals surface area contributed by atoms with Crippen molar-refractivity contribution in [2.24, 2.45) is 0 Å². The Hall–Kier alpha value is -2.03. The van der Waals surface area contributed by atoms with E-state index in [1.165, 1.54) is 20.8 Å². The third kappa shape index (κ3) is 6.08. The summed E-state index contributed by atoms with van der Waals surface area (Å²) in [5, 5.41) is 10.4. The minimum atomic E-state index is -4.92. The number of carbonyl (C=O) groups excluding carboxylic acids is 1. The third-order valence-corrected chi connectivity index (χ3v) is 3.19. The van der Waals surface area contributed by atoms with Crippen LogP contribution >= 0.6 is 11.6 Å². The molecule has 1 rings (SSSR count). The van der Waals surface area contributed by atoms with Crippen LogP contribution in [0.3, 0.4) is 0 Å². The van der Waals surface area contributed by atoms with Gasteiger partial charge in [-0.25, -0.2) is 14.0 Å². The molecule has 5 nitrogen and oxygen atoms in total. The van der Waals surface area contributed by atoms with E-state index in [0.29, 0.717) is 6.07 Å². The zero-order valence-electron chi connectivity index (χ0n) is 13.5. The van der Waals surface area contributed by atoms with Gasteiger partial charge in [0.2, 0.25) is 0 Å². The predicted molar refractivity (Wildman–Crippen MR) is 80.9 cm³/mol. The second-order valence-corrected chi connectivity index (χ2v) is 6.53. The van der Waals surface area contributed by atoms with Crippen molar-refractivity contribution in [3.63, 3.8) is 0 Å².